The zero-order valence-corrected chi connectivity index (χ0v) is 24.8. The number of rotatable bonds is 8. The van der Waals surface area contributed by atoms with Crippen molar-refractivity contribution in [1.29, 1.82) is 0 Å². The van der Waals surface area contributed by atoms with Crippen LogP contribution in [0.4, 0.5) is 11.6 Å². The number of pyridine rings is 1. The Balaban J connectivity index is 1.26. The summed E-state index contributed by atoms with van der Waals surface area (Å²) in [6, 6.07) is 30.6. The molecule has 0 bridgehead atoms. The van der Waals surface area contributed by atoms with E-state index in [2.05, 4.69) is 33.5 Å². The van der Waals surface area contributed by atoms with Crippen LogP contribution in [0, 0.1) is 0 Å². The van der Waals surface area contributed by atoms with Gasteiger partial charge in [-0.2, -0.15) is 0 Å². The third-order valence-electron chi connectivity index (χ3n) is 7.32. The van der Waals surface area contributed by atoms with Gasteiger partial charge in [0.15, 0.2) is 0 Å². The van der Waals surface area contributed by atoms with Crippen molar-refractivity contribution < 1.29 is 8.42 Å². The van der Waals surface area contributed by atoms with Crippen LogP contribution in [0.3, 0.4) is 0 Å². The van der Waals surface area contributed by atoms with E-state index in [9.17, 15) is 8.42 Å². The molecule has 0 aliphatic carbocycles. The summed E-state index contributed by atoms with van der Waals surface area (Å²) in [5.74, 6) is 1.22. The first-order chi connectivity index (χ1) is 21.3. The fraction of sp³-hybridized carbons (Fsp3) is 0.0909. The van der Waals surface area contributed by atoms with Crippen molar-refractivity contribution in [3.8, 4) is 22.6 Å². The molecule has 0 aliphatic heterocycles. The Morgan fingerprint density at radius 3 is 2.55 bits per heavy atom. The molecule has 0 unspecified atom stereocenters. The van der Waals surface area contributed by atoms with E-state index >= 15 is 0 Å². The number of fused-ring (bicyclic) bond motifs is 2. The van der Waals surface area contributed by atoms with Crippen LogP contribution >= 0.6 is 0 Å². The third kappa shape index (κ3) is 5.19. The lowest BCUT2D eigenvalue weighted by atomic mass is 10.1. The van der Waals surface area contributed by atoms with E-state index in [-0.39, 0.29) is 4.90 Å². The van der Waals surface area contributed by atoms with E-state index in [0.29, 0.717) is 23.8 Å². The van der Waals surface area contributed by atoms with Crippen LogP contribution in [0.15, 0.2) is 114 Å². The summed E-state index contributed by atoms with van der Waals surface area (Å²) in [4.78, 5) is 22.7. The molecule has 0 amide bonds. The van der Waals surface area contributed by atoms with E-state index in [1.807, 2.05) is 65.2 Å². The Hall–Kier alpha value is -5.39. The van der Waals surface area contributed by atoms with Gasteiger partial charge in [0.05, 0.1) is 33.0 Å². The van der Waals surface area contributed by atoms with Gasteiger partial charge in [-0.1, -0.05) is 48.5 Å². The average Bonchev–Trinajstić information content (AvgIpc) is 3.62. The third-order valence-corrected chi connectivity index (χ3v) is 9.13. The van der Waals surface area contributed by atoms with Crippen molar-refractivity contribution >= 4 is 38.3 Å². The quantitative estimate of drug-likeness (QED) is 0.222. The minimum atomic E-state index is -3.59. The Bertz CT molecular complexity index is 2240. The van der Waals surface area contributed by atoms with Gasteiger partial charge in [0.25, 0.3) is 0 Å². The van der Waals surface area contributed by atoms with Crippen LogP contribution < -0.4 is 5.32 Å². The van der Waals surface area contributed by atoms with Crippen LogP contribution in [0.2, 0.25) is 0 Å². The molecule has 0 saturated heterocycles. The topological polar surface area (TPSA) is 121 Å². The largest absolute Gasteiger partial charge is 0.342 e. The first-order valence-electron chi connectivity index (χ1n) is 14.0. The van der Waals surface area contributed by atoms with Crippen molar-refractivity contribution in [3.05, 3.63) is 121 Å². The van der Waals surface area contributed by atoms with Crippen LogP contribution in [0.5, 0.6) is 0 Å². The van der Waals surface area contributed by atoms with Gasteiger partial charge in [-0.25, -0.2) is 32.7 Å². The average molecular weight is 601 g/mol. The molecule has 44 heavy (non-hydrogen) atoms. The van der Waals surface area contributed by atoms with E-state index in [4.69, 9.17) is 15.0 Å². The van der Waals surface area contributed by atoms with E-state index in [0.717, 1.165) is 39.5 Å². The maximum absolute atomic E-state index is 12.7. The lowest BCUT2D eigenvalue weighted by molar-refractivity contribution is 0.521. The summed E-state index contributed by atoms with van der Waals surface area (Å²) in [5, 5.41) is 3.16. The number of aromatic nitrogens is 6. The van der Waals surface area contributed by atoms with Crippen LogP contribution in [0.1, 0.15) is 11.4 Å². The smallest absolute Gasteiger partial charge is 0.242 e. The minimum absolute atomic E-state index is 0.175. The molecule has 7 rings (SSSR count). The SMILES string of the molecule is CN(C)S(=O)(=O)c1cccc(Nc2nccc(-c3c(-c4ccc5nc(Cc6ccccc6)[nH]c5c4)nc4ccccn34)n2)c1. The van der Waals surface area contributed by atoms with Gasteiger partial charge in [0.2, 0.25) is 16.0 Å². The number of benzene rings is 3. The van der Waals surface area contributed by atoms with E-state index in [1.54, 1.807) is 30.5 Å². The van der Waals surface area contributed by atoms with Gasteiger partial charge in [-0.3, -0.25) is 4.40 Å². The van der Waals surface area contributed by atoms with Gasteiger partial charge in [0, 0.05) is 44.2 Å². The van der Waals surface area contributed by atoms with Gasteiger partial charge in [-0.05, 0) is 54.1 Å². The summed E-state index contributed by atoms with van der Waals surface area (Å²) < 4.78 is 28.5. The lowest BCUT2D eigenvalue weighted by Gasteiger charge is -2.13. The molecule has 0 saturated carbocycles. The second-order valence-corrected chi connectivity index (χ2v) is 12.7. The maximum atomic E-state index is 12.7. The molecule has 10 nitrogen and oxygen atoms in total. The second-order valence-electron chi connectivity index (χ2n) is 10.5. The molecule has 3 aromatic carbocycles. The molecule has 2 N–H and O–H groups in total. The molecule has 4 aromatic heterocycles. The molecule has 0 fully saturated rings. The zero-order chi connectivity index (χ0) is 30.3. The zero-order valence-electron chi connectivity index (χ0n) is 24.0. The predicted molar refractivity (Wildman–Crippen MR) is 171 cm³/mol. The van der Waals surface area contributed by atoms with Crippen LogP contribution in [-0.2, 0) is 16.4 Å². The number of aromatic amines is 1. The number of nitrogens with one attached hydrogen (secondary N) is 2. The predicted octanol–water partition coefficient (Wildman–Crippen LogP) is 5.92. The highest BCUT2D eigenvalue weighted by molar-refractivity contribution is 7.89. The Labute approximate surface area is 254 Å². The monoisotopic (exact) mass is 600 g/mol. The normalized spacial score (nSPS) is 11.9. The maximum Gasteiger partial charge on any atom is 0.242 e. The number of H-pyrrole nitrogens is 1. The molecule has 0 spiro atoms. The number of sulfonamides is 1. The number of nitrogens with zero attached hydrogens (tertiary/aromatic N) is 6. The molecule has 0 atom stereocenters. The van der Waals surface area contributed by atoms with Crippen molar-refractivity contribution in [2.24, 2.45) is 0 Å². The summed E-state index contributed by atoms with van der Waals surface area (Å²) >= 11 is 0. The molecular weight excluding hydrogens is 572 g/mol. The highest BCUT2D eigenvalue weighted by Gasteiger charge is 2.20. The highest BCUT2D eigenvalue weighted by Crippen LogP contribution is 2.34. The van der Waals surface area contributed by atoms with Gasteiger partial charge in [-0.15, -0.1) is 0 Å². The van der Waals surface area contributed by atoms with Crippen LogP contribution in [-0.4, -0.2) is 56.1 Å². The Morgan fingerprint density at radius 2 is 1.70 bits per heavy atom. The molecule has 7 aromatic rings. The summed E-state index contributed by atoms with van der Waals surface area (Å²) in [5.41, 5.74) is 7.48. The lowest BCUT2D eigenvalue weighted by Crippen LogP contribution is -2.22. The van der Waals surface area contributed by atoms with Crippen molar-refractivity contribution in [1.82, 2.24) is 33.6 Å². The highest BCUT2D eigenvalue weighted by atomic mass is 32.2. The first kappa shape index (κ1) is 27.4. The van der Waals surface area contributed by atoms with Crippen LogP contribution in [0.25, 0.3) is 39.3 Å². The summed E-state index contributed by atoms with van der Waals surface area (Å²) in [6.07, 6.45) is 4.34. The standard InChI is InChI=1S/C33H28N8O2S/c1-40(2)44(42,43)25-12-8-11-24(21-25)35-33-34-17-16-27(38-33)32-31(39-30-13-6-7-18-41(30)32)23-14-15-26-28(20-23)37-29(36-26)19-22-9-4-3-5-10-22/h3-18,20-21H,19H2,1-2H3,(H,36,37)(H,34,35,38). The number of anilines is 2. The minimum Gasteiger partial charge on any atom is -0.342 e. The molecule has 0 aliphatic rings. The summed E-state index contributed by atoms with van der Waals surface area (Å²) in [7, 11) is -0.586. The van der Waals surface area contributed by atoms with Gasteiger partial charge >= 0.3 is 0 Å². The van der Waals surface area contributed by atoms with E-state index < -0.39 is 10.0 Å². The Morgan fingerprint density at radius 1 is 0.864 bits per heavy atom. The second kappa shape index (κ2) is 11.0. The number of imidazole rings is 2. The molecule has 11 heteroatoms. The fourth-order valence-electron chi connectivity index (χ4n) is 5.15. The van der Waals surface area contributed by atoms with Crippen molar-refractivity contribution in [3.63, 3.8) is 0 Å². The molecular formula is C33H28N8O2S. The molecule has 218 valence electrons. The van der Waals surface area contributed by atoms with Crippen molar-refractivity contribution in [2.75, 3.05) is 19.4 Å². The molecule has 4 heterocycles. The van der Waals surface area contributed by atoms with Gasteiger partial charge in [0.1, 0.15) is 11.5 Å². The van der Waals surface area contributed by atoms with Gasteiger partial charge < -0.3 is 10.3 Å². The fourth-order valence-corrected chi connectivity index (χ4v) is 6.10. The first-order valence-corrected chi connectivity index (χ1v) is 15.4. The number of hydrogen-bond donors (Lipinski definition) is 2. The number of hydrogen-bond acceptors (Lipinski definition) is 7. The van der Waals surface area contributed by atoms with Crippen molar-refractivity contribution in [2.45, 2.75) is 11.3 Å². The molecule has 0 radical (unpaired) electrons. The van der Waals surface area contributed by atoms with E-state index in [1.165, 1.54) is 24.0 Å². The summed E-state index contributed by atoms with van der Waals surface area (Å²) in [6.45, 7) is 0. The Kier molecular flexibility index (Phi) is 6.88.